The molecule has 0 aliphatic carbocycles. The smallest absolute Gasteiger partial charge is 0.247 e. The van der Waals surface area contributed by atoms with Gasteiger partial charge in [-0.3, -0.25) is 9.59 Å². The fourth-order valence-electron chi connectivity index (χ4n) is 3.97. The van der Waals surface area contributed by atoms with Crippen LogP contribution in [-0.4, -0.2) is 42.1 Å². The Labute approximate surface area is 185 Å². The second-order valence-corrected chi connectivity index (χ2v) is 8.02. The number of para-hydroxylation sites is 1. The van der Waals surface area contributed by atoms with Gasteiger partial charge in [-0.1, -0.05) is 18.2 Å². The molecule has 0 bridgehead atoms. The SMILES string of the molecule is CC(=O)NC(Cc1c[nH]c2ccccc12)C(=O)Nc1ccc(NCC2CCCO2)c(F)c1. The highest BCUT2D eigenvalue weighted by molar-refractivity contribution is 5.97. The lowest BCUT2D eigenvalue weighted by Gasteiger charge is -2.18. The Hall–Kier alpha value is -3.39. The summed E-state index contributed by atoms with van der Waals surface area (Å²) in [6.45, 7) is 2.65. The zero-order valence-electron chi connectivity index (χ0n) is 17.9. The Balaban J connectivity index is 1.43. The normalized spacial score (nSPS) is 16.6. The molecule has 1 aliphatic rings. The number of nitrogens with one attached hydrogen (secondary N) is 4. The zero-order chi connectivity index (χ0) is 22.5. The molecule has 7 nitrogen and oxygen atoms in total. The summed E-state index contributed by atoms with van der Waals surface area (Å²) >= 11 is 0. The van der Waals surface area contributed by atoms with Crippen LogP contribution in [0.2, 0.25) is 0 Å². The first-order chi connectivity index (χ1) is 15.5. The van der Waals surface area contributed by atoms with Crippen LogP contribution in [0.25, 0.3) is 10.9 Å². The van der Waals surface area contributed by atoms with Gasteiger partial charge in [-0.25, -0.2) is 4.39 Å². The van der Waals surface area contributed by atoms with Gasteiger partial charge in [-0.05, 0) is 42.7 Å². The maximum absolute atomic E-state index is 14.5. The van der Waals surface area contributed by atoms with E-state index in [1.165, 1.54) is 13.0 Å². The molecule has 1 saturated heterocycles. The molecule has 8 heteroatoms. The molecule has 2 unspecified atom stereocenters. The van der Waals surface area contributed by atoms with Gasteiger partial charge < -0.3 is 25.7 Å². The van der Waals surface area contributed by atoms with Gasteiger partial charge in [0.25, 0.3) is 0 Å². The molecule has 1 fully saturated rings. The summed E-state index contributed by atoms with van der Waals surface area (Å²) in [6, 6.07) is 11.4. The Kier molecular flexibility index (Phi) is 6.70. The summed E-state index contributed by atoms with van der Waals surface area (Å²) in [6.07, 6.45) is 4.22. The highest BCUT2D eigenvalue weighted by Gasteiger charge is 2.22. The Morgan fingerprint density at radius 3 is 2.84 bits per heavy atom. The van der Waals surface area contributed by atoms with Crippen LogP contribution in [0.3, 0.4) is 0 Å². The fourth-order valence-corrected chi connectivity index (χ4v) is 3.97. The van der Waals surface area contributed by atoms with E-state index < -0.39 is 17.8 Å². The number of rotatable bonds is 8. The molecule has 3 aromatic rings. The molecule has 0 saturated carbocycles. The van der Waals surface area contributed by atoms with E-state index in [9.17, 15) is 14.0 Å². The Bertz CT molecular complexity index is 1110. The molecule has 0 spiro atoms. The Morgan fingerprint density at radius 1 is 1.25 bits per heavy atom. The number of ether oxygens (including phenoxy) is 1. The van der Waals surface area contributed by atoms with E-state index in [2.05, 4.69) is 20.9 Å². The number of amides is 2. The minimum Gasteiger partial charge on any atom is -0.380 e. The molecule has 1 aromatic heterocycles. The van der Waals surface area contributed by atoms with Crippen molar-refractivity contribution in [3.8, 4) is 0 Å². The molecule has 2 atom stereocenters. The van der Waals surface area contributed by atoms with E-state index >= 15 is 0 Å². The molecule has 2 amide bonds. The zero-order valence-corrected chi connectivity index (χ0v) is 17.9. The number of aromatic nitrogens is 1. The predicted octanol–water partition coefficient (Wildman–Crippen LogP) is 3.58. The van der Waals surface area contributed by atoms with Gasteiger partial charge in [-0.15, -0.1) is 0 Å². The van der Waals surface area contributed by atoms with E-state index in [1.807, 2.05) is 30.5 Å². The van der Waals surface area contributed by atoms with Crippen LogP contribution in [0.4, 0.5) is 15.8 Å². The monoisotopic (exact) mass is 438 g/mol. The molecule has 4 rings (SSSR count). The molecular formula is C24H27FN4O3. The summed E-state index contributed by atoms with van der Waals surface area (Å²) in [7, 11) is 0. The largest absolute Gasteiger partial charge is 0.380 e. The van der Waals surface area contributed by atoms with Gasteiger partial charge in [0.05, 0.1) is 11.8 Å². The van der Waals surface area contributed by atoms with Crippen molar-refractivity contribution in [1.29, 1.82) is 0 Å². The number of hydrogen-bond acceptors (Lipinski definition) is 4. The van der Waals surface area contributed by atoms with E-state index in [1.54, 1.807) is 12.1 Å². The highest BCUT2D eigenvalue weighted by atomic mass is 19.1. The molecule has 1 aliphatic heterocycles. The maximum Gasteiger partial charge on any atom is 0.247 e. The molecule has 2 aromatic carbocycles. The molecule has 2 heterocycles. The second-order valence-electron chi connectivity index (χ2n) is 8.02. The average molecular weight is 439 g/mol. The lowest BCUT2D eigenvalue weighted by molar-refractivity contribution is -0.125. The topological polar surface area (TPSA) is 95.2 Å². The molecular weight excluding hydrogens is 411 g/mol. The third-order valence-corrected chi connectivity index (χ3v) is 5.57. The lowest BCUT2D eigenvalue weighted by Crippen LogP contribution is -2.44. The molecule has 168 valence electrons. The van der Waals surface area contributed by atoms with Crippen LogP contribution < -0.4 is 16.0 Å². The van der Waals surface area contributed by atoms with Crippen molar-refractivity contribution in [3.05, 3.63) is 60.0 Å². The molecule has 32 heavy (non-hydrogen) atoms. The number of halogens is 1. The highest BCUT2D eigenvalue weighted by Crippen LogP contribution is 2.22. The van der Waals surface area contributed by atoms with Gasteiger partial charge >= 0.3 is 0 Å². The fraction of sp³-hybridized carbons (Fsp3) is 0.333. The van der Waals surface area contributed by atoms with Crippen LogP contribution in [0.1, 0.15) is 25.3 Å². The maximum atomic E-state index is 14.5. The van der Waals surface area contributed by atoms with E-state index in [-0.39, 0.29) is 12.0 Å². The van der Waals surface area contributed by atoms with Crippen molar-refractivity contribution >= 4 is 34.1 Å². The van der Waals surface area contributed by atoms with Crippen LogP contribution in [0.15, 0.2) is 48.7 Å². The van der Waals surface area contributed by atoms with Crippen LogP contribution in [0.5, 0.6) is 0 Å². The first kappa shape index (κ1) is 21.8. The summed E-state index contributed by atoms with van der Waals surface area (Å²) < 4.78 is 20.1. The van der Waals surface area contributed by atoms with E-state index in [0.29, 0.717) is 24.3 Å². The first-order valence-electron chi connectivity index (χ1n) is 10.8. The predicted molar refractivity (Wildman–Crippen MR) is 122 cm³/mol. The molecule has 0 radical (unpaired) electrons. The molecule has 4 N–H and O–H groups in total. The number of benzene rings is 2. The van der Waals surface area contributed by atoms with Crippen molar-refractivity contribution in [2.45, 2.75) is 38.3 Å². The number of anilines is 2. The average Bonchev–Trinajstić information content (AvgIpc) is 3.43. The Morgan fingerprint density at radius 2 is 2.09 bits per heavy atom. The van der Waals surface area contributed by atoms with Crippen molar-refractivity contribution in [2.75, 3.05) is 23.8 Å². The summed E-state index contributed by atoms with van der Waals surface area (Å²) in [5.41, 5.74) is 2.55. The van der Waals surface area contributed by atoms with Crippen LogP contribution in [0, 0.1) is 5.82 Å². The van der Waals surface area contributed by atoms with E-state index in [4.69, 9.17) is 4.74 Å². The number of aromatic amines is 1. The van der Waals surface area contributed by atoms with E-state index in [0.717, 1.165) is 35.9 Å². The van der Waals surface area contributed by atoms with Gasteiger partial charge in [0.2, 0.25) is 11.8 Å². The first-order valence-corrected chi connectivity index (χ1v) is 10.8. The lowest BCUT2D eigenvalue weighted by atomic mass is 10.0. The standard InChI is InChI=1S/C24H27FN4O3/c1-15(30)28-23(11-16-13-26-21-7-3-2-6-19(16)21)24(31)29-17-8-9-22(20(25)12-17)27-14-18-5-4-10-32-18/h2-3,6-9,12-13,18,23,26-27H,4-5,10-11,14H2,1H3,(H,28,30)(H,29,31). The van der Waals surface area contributed by atoms with Crippen molar-refractivity contribution in [2.24, 2.45) is 0 Å². The van der Waals surface area contributed by atoms with Crippen LogP contribution in [-0.2, 0) is 20.7 Å². The number of fused-ring (bicyclic) bond motifs is 1. The van der Waals surface area contributed by atoms with Crippen molar-refractivity contribution < 1.29 is 18.7 Å². The summed E-state index contributed by atoms with van der Waals surface area (Å²) in [5.74, 6) is -1.19. The van der Waals surface area contributed by atoms with Gasteiger partial charge in [-0.2, -0.15) is 0 Å². The second kappa shape index (κ2) is 9.82. The van der Waals surface area contributed by atoms with Gasteiger partial charge in [0.1, 0.15) is 11.9 Å². The van der Waals surface area contributed by atoms with Crippen LogP contribution >= 0.6 is 0 Å². The number of carbonyl (C=O) groups is 2. The quantitative estimate of drug-likeness (QED) is 0.432. The van der Waals surface area contributed by atoms with Gasteiger partial charge in [0.15, 0.2) is 0 Å². The van der Waals surface area contributed by atoms with Crippen molar-refractivity contribution in [3.63, 3.8) is 0 Å². The minimum absolute atomic E-state index is 0.0942. The summed E-state index contributed by atoms with van der Waals surface area (Å²) in [4.78, 5) is 27.8. The number of H-pyrrole nitrogens is 1. The minimum atomic E-state index is -0.799. The van der Waals surface area contributed by atoms with Crippen molar-refractivity contribution in [1.82, 2.24) is 10.3 Å². The third-order valence-electron chi connectivity index (χ3n) is 5.57. The number of hydrogen-bond donors (Lipinski definition) is 4. The number of carbonyl (C=O) groups excluding carboxylic acids is 2. The van der Waals surface area contributed by atoms with Gasteiger partial charge in [0, 0.05) is 49.3 Å². The third kappa shape index (κ3) is 5.26. The summed E-state index contributed by atoms with van der Waals surface area (Å²) in [5, 5.41) is 9.46.